The normalized spacial score (nSPS) is 19.6. The lowest BCUT2D eigenvalue weighted by molar-refractivity contribution is -0.123. The Morgan fingerprint density at radius 3 is 2.50 bits per heavy atom. The molecule has 1 fully saturated rings. The van der Waals surface area contributed by atoms with Crippen molar-refractivity contribution in [1.29, 1.82) is 5.26 Å². The number of likely N-dealkylation sites (N-methyl/N-ethyl adjacent to an activating group) is 1. The molecule has 1 amide bonds. The van der Waals surface area contributed by atoms with Crippen LogP contribution in [0.1, 0.15) is 52.9 Å². The zero-order chi connectivity index (χ0) is 15.2. The molecule has 20 heavy (non-hydrogen) atoms. The van der Waals surface area contributed by atoms with Gasteiger partial charge in [0.25, 0.3) is 0 Å². The molecule has 0 aromatic rings. The predicted molar refractivity (Wildman–Crippen MR) is 81.1 cm³/mol. The van der Waals surface area contributed by atoms with Crippen LogP contribution in [0.15, 0.2) is 0 Å². The van der Waals surface area contributed by atoms with Gasteiger partial charge in [-0.15, -0.1) is 0 Å². The Hall–Kier alpha value is -1.08. The van der Waals surface area contributed by atoms with E-state index in [2.05, 4.69) is 16.3 Å². The number of carbonyl (C=O) groups excluding carboxylic acids is 1. The molecule has 4 nitrogen and oxygen atoms in total. The first-order valence-electron chi connectivity index (χ1n) is 7.78. The van der Waals surface area contributed by atoms with Crippen molar-refractivity contribution in [1.82, 2.24) is 10.2 Å². The molecule has 0 unspecified atom stereocenters. The molecular weight excluding hydrogens is 250 g/mol. The van der Waals surface area contributed by atoms with Crippen LogP contribution in [-0.2, 0) is 4.79 Å². The van der Waals surface area contributed by atoms with Gasteiger partial charge in [0, 0.05) is 6.54 Å². The molecule has 0 bridgehead atoms. The van der Waals surface area contributed by atoms with Crippen LogP contribution in [0.2, 0.25) is 0 Å². The molecule has 0 spiro atoms. The fraction of sp³-hybridized carbons (Fsp3) is 0.875. The minimum atomic E-state index is -0.775. The number of nitrogens with one attached hydrogen (secondary N) is 1. The smallest absolute Gasteiger partial charge is 0.235 e. The second-order valence-electron chi connectivity index (χ2n) is 6.72. The molecule has 0 heterocycles. The fourth-order valence-electron chi connectivity index (χ4n) is 2.75. The summed E-state index contributed by atoms with van der Waals surface area (Å²) < 4.78 is 0. The molecule has 0 saturated heterocycles. The number of amides is 1. The van der Waals surface area contributed by atoms with E-state index in [9.17, 15) is 10.1 Å². The monoisotopic (exact) mass is 279 g/mol. The minimum Gasteiger partial charge on any atom is -0.337 e. The molecule has 1 N–H and O–H groups in total. The molecule has 0 aliphatic heterocycles. The highest BCUT2D eigenvalue weighted by Crippen LogP contribution is 2.24. The van der Waals surface area contributed by atoms with Gasteiger partial charge in [0.05, 0.1) is 12.6 Å². The van der Waals surface area contributed by atoms with Gasteiger partial charge < -0.3 is 5.32 Å². The Morgan fingerprint density at radius 2 is 2.00 bits per heavy atom. The predicted octanol–water partition coefficient (Wildman–Crippen LogP) is 2.55. The second-order valence-corrected chi connectivity index (χ2v) is 6.72. The molecule has 0 aromatic heterocycles. The van der Waals surface area contributed by atoms with Gasteiger partial charge in [0.2, 0.25) is 5.91 Å². The number of carbonyl (C=O) groups is 1. The van der Waals surface area contributed by atoms with Crippen LogP contribution in [0.4, 0.5) is 0 Å². The van der Waals surface area contributed by atoms with E-state index >= 15 is 0 Å². The van der Waals surface area contributed by atoms with Crippen LogP contribution in [0.25, 0.3) is 0 Å². The lowest BCUT2D eigenvalue weighted by Crippen LogP contribution is -2.51. The first-order valence-corrected chi connectivity index (χ1v) is 7.78. The summed E-state index contributed by atoms with van der Waals surface area (Å²) in [7, 11) is 1.99. The summed E-state index contributed by atoms with van der Waals surface area (Å²) in [6, 6.07) is 2.21. The Kier molecular flexibility index (Phi) is 6.48. The third-order valence-electron chi connectivity index (χ3n) is 4.49. The van der Waals surface area contributed by atoms with Gasteiger partial charge in [0.1, 0.15) is 5.54 Å². The lowest BCUT2D eigenvalue weighted by atomic mass is 9.89. The number of nitriles is 1. The van der Waals surface area contributed by atoms with Crippen molar-refractivity contribution in [2.45, 2.75) is 58.4 Å². The molecule has 1 aliphatic rings. The van der Waals surface area contributed by atoms with Gasteiger partial charge >= 0.3 is 0 Å². The van der Waals surface area contributed by atoms with Gasteiger partial charge in [-0.25, -0.2) is 0 Å². The molecule has 4 heteroatoms. The zero-order valence-electron chi connectivity index (χ0n) is 13.4. The Morgan fingerprint density at radius 1 is 1.40 bits per heavy atom. The number of hydrogen-bond acceptors (Lipinski definition) is 3. The van der Waals surface area contributed by atoms with Crippen molar-refractivity contribution >= 4 is 5.91 Å². The summed E-state index contributed by atoms with van der Waals surface area (Å²) in [5.41, 5.74) is -0.775. The summed E-state index contributed by atoms with van der Waals surface area (Å²) in [6.07, 6.45) is 6.58. The van der Waals surface area contributed by atoms with Crippen LogP contribution in [0.5, 0.6) is 0 Å². The van der Waals surface area contributed by atoms with Gasteiger partial charge in [0.15, 0.2) is 0 Å². The zero-order valence-corrected chi connectivity index (χ0v) is 13.4. The van der Waals surface area contributed by atoms with Crippen molar-refractivity contribution in [3.8, 4) is 6.07 Å². The molecule has 1 saturated carbocycles. The topological polar surface area (TPSA) is 56.1 Å². The SMILES string of the molecule is CC(C)[C@@](C)(C#N)NC(=O)CN(C)CC1CCCCC1. The summed E-state index contributed by atoms with van der Waals surface area (Å²) >= 11 is 0. The van der Waals surface area contributed by atoms with Crippen molar-refractivity contribution in [2.24, 2.45) is 11.8 Å². The van der Waals surface area contributed by atoms with Crippen molar-refractivity contribution in [2.75, 3.05) is 20.1 Å². The lowest BCUT2D eigenvalue weighted by Gasteiger charge is -2.30. The average Bonchev–Trinajstić information content (AvgIpc) is 2.39. The van der Waals surface area contributed by atoms with Gasteiger partial charge in [-0.3, -0.25) is 9.69 Å². The van der Waals surface area contributed by atoms with E-state index in [0.717, 1.165) is 12.5 Å². The largest absolute Gasteiger partial charge is 0.337 e. The highest BCUT2D eigenvalue weighted by atomic mass is 16.2. The minimum absolute atomic E-state index is 0.0546. The van der Waals surface area contributed by atoms with Crippen molar-refractivity contribution < 1.29 is 4.79 Å². The standard InChI is InChI=1S/C16H29N3O/c1-13(2)16(3,12-17)18-15(20)11-19(4)10-14-8-6-5-7-9-14/h13-14H,5-11H2,1-4H3,(H,18,20)/t16-/m1/s1. The van der Waals surface area contributed by atoms with Crippen LogP contribution < -0.4 is 5.32 Å². The van der Waals surface area contributed by atoms with Crippen molar-refractivity contribution in [3.63, 3.8) is 0 Å². The average molecular weight is 279 g/mol. The maximum Gasteiger partial charge on any atom is 0.235 e. The molecule has 1 rings (SSSR count). The van der Waals surface area contributed by atoms with Gasteiger partial charge in [-0.05, 0) is 38.6 Å². The number of nitrogens with zero attached hydrogens (tertiary/aromatic N) is 2. The first kappa shape index (κ1) is 17.0. The maximum atomic E-state index is 12.1. The summed E-state index contributed by atoms with van der Waals surface area (Å²) in [6.45, 7) is 7.06. The second kappa shape index (κ2) is 7.64. The highest BCUT2D eigenvalue weighted by molar-refractivity contribution is 5.79. The molecule has 1 aliphatic carbocycles. The van der Waals surface area contributed by atoms with E-state index in [4.69, 9.17) is 0 Å². The summed E-state index contributed by atoms with van der Waals surface area (Å²) in [5, 5.41) is 12.1. The summed E-state index contributed by atoms with van der Waals surface area (Å²) in [4.78, 5) is 14.2. The first-order chi connectivity index (χ1) is 9.37. The van der Waals surface area contributed by atoms with E-state index in [1.165, 1.54) is 32.1 Å². The molecule has 114 valence electrons. The molecule has 0 aromatic carbocycles. The van der Waals surface area contributed by atoms with Crippen LogP contribution in [-0.4, -0.2) is 36.5 Å². The quantitative estimate of drug-likeness (QED) is 0.813. The van der Waals surface area contributed by atoms with Gasteiger partial charge in [-0.2, -0.15) is 5.26 Å². The van der Waals surface area contributed by atoms with E-state index in [1.807, 2.05) is 20.9 Å². The Bertz CT molecular complexity index is 355. The van der Waals surface area contributed by atoms with E-state index < -0.39 is 5.54 Å². The van der Waals surface area contributed by atoms with Crippen LogP contribution in [0, 0.1) is 23.2 Å². The number of rotatable bonds is 6. The van der Waals surface area contributed by atoms with E-state index in [-0.39, 0.29) is 11.8 Å². The Labute approximate surface area is 123 Å². The van der Waals surface area contributed by atoms with Crippen LogP contribution >= 0.6 is 0 Å². The molecular formula is C16H29N3O. The number of hydrogen-bond donors (Lipinski definition) is 1. The fourth-order valence-corrected chi connectivity index (χ4v) is 2.75. The highest BCUT2D eigenvalue weighted by Gasteiger charge is 2.30. The Balaban J connectivity index is 2.39. The third kappa shape index (κ3) is 5.13. The van der Waals surface area contributed by atoms with Gasteiger partial charge in [-0.1, -0.05) is 33.1 Å². The van der Waals surface area contributed by atoms with E-state index in [0.29, 0.717) is 6.54 Å². The third-order valence-corrected chi connectivity index (χ3v) is 4.49. The van der Waals surface area contributed by atoms with Crippen molar-refractivity contribution in [3.05, 3.63) is 0 Å². The molecule has 0 radical (unpaired) electrons. The summed E-state index contributed by atoms with van der Waals surface area (Å²) in [5.74, 6) is 0.773. The van der Waals surface area contributed by atoms with Crippen LogP contribution in [0.3, 0.4) is 0 Å². The molecule has 1 atom stereocenters. The maximum absolute atomic E-state index is 12.1. The van der Waals surface area contributed by atoms with E-state index in [1.54, 1.807) is 6.92 Å².